The zero-order valence-electron chi connectivity index (χ0n) is 15.0. The Morgan fingerprint density at radius 2 is 1.69 bits per heavy atom. The van der Waals surface area contributed by atoms with E-state index in [2.05, 4.69) is 5.32 Å². The van der Waals surface area contributed by atoms with Gasteiger partial charge in [-0.25, -0.2) is 4.79 Å². The molecule has 1 aromatic heterocycles. The highest BCUT2D eigenvalue weighted by Gasteiger charge is 2.22. The van der Waals surface area contributed by atoms with Crippen molar-refractivity contribution < 1.29 is 14.3 Å². The van der Waals surface area contributed by atoms with Crippen molar-refractivity contribution in [1.82, 2.24) is 0 Å². The van der Waals surface area contributed by atoms with Crippen LogP contribution in [0.5, 0.6) is 0 Å². The number of halogens is 3. The summed E-state index contributed by atoms with van der Waals surface area (Å²) >= 11 is 19.4. The highest BCUT2D eigenvalue weighted by molar-refractivity contribution is 7.15. The maximum atomic E-state index is 12.4. The molecule has 8 heteroatoms. The Balaban J connectivity index is 1.89. The number of amides is 1. The standard InChI is InChI=1S/C21H14Cl3NO3S/c1-28-21(27)19-15(12-5-7-13(22)8-6-12)11-29-20(19)25-18(26)10-9-14-16(23)3-2-4-17(14)24/h2-11H,1H3,(H,25,26)/b10-9+. The van der Waals surface area contributed by atoms with E-state index in [1.54, 1.807) is 47.8 Å². The minimum Gasteiger partial charge on any atom is -0.465 e. The van der Waals surface area contributed by atoms with Gasteiger partial charge >= 0.3 is 5.97 Å². The van der Waals surface area contributed by atoms with Crippen LogP contribution in [-0.2, 0) is 9.53 Å². The van der Waals surface area contributed by atoms with Crippen molar-refractivity contribution in [2.75, 3.05) is 12.4 Å². The molecular formula is C21H14Cl3NO3S. The van der Waals surface area contributed by atoms with Crippen LogP contribution in [0, 0.1) is 0 Å². The van der Waals surface area contributed by atoms with Crippen molar-refractivity contribution in [1.29, 1.82) is 0 Å². The molecule has 0 saturated carbocycles. The Labute approximate surface area is 186 Å². The molecule has 0 aliphatic heterocycles. The molecule has 0 fully saturated rings. The highest BCUT2D eigenvalue weighted by atomic mass is 35.5. The number of esters is 1. The second kappa shape index (κ2) is 9.46. The maximum absolute atomic E-state index is 12.4. The molecule has 4 nitrogen and oxygen atoms in total. The molecule has 0 unspecified atom stereocenters. The van der Waals surface area contributed by atoms with Gasteiger partial charge in [-0.2, -0.15) is 0 Å². The summed E-state index contributed by atoms with van der Waals surface area (Å²) in [6.45, 7) is 0. The number of methoxy groups -OCH3 is 1. The van der Waals surface area contributed by atoms with Gasteiger partial charge in [0.1, 0.15) is 10.6 Å². The Morgan fingerprint density at radius 3 is 2.31 bits per heavy atom. The fourth-order valence-electron chi connectivity index (χ4n) is 2.58. The minimum absolute atomic E-state index is 0.275. The van der Waals surface area contributed by atoms with Crippen LogP contribution < -0.4 is 5.32 Å². The molecule has 0 spiro atoms. The van der Waals surface area contributed by atoms with Crippen molar-refractivity contribution >= 4 is 69.1 Å². The lowest BCUT2D eigenvalue weighted by Crippen LogP contribution is -2.11. The first-order chi connectivity index (χ1) is 13.9. The second-order valence-electron chi connectivity index (χ2n) is 5.81. The van der Waals surface area contributed by atoms with E-state index in [1.165, 1.54) is 30.6 Å². The van der Waals surface area contributed by atoms with Crippen LogP contribution in [0.25, 0.3) is 17.2 Å². The van der Waals surface area contributed by atoms with Gasteiger partial charge in [0.05, 0.1) is 7.11 Å². The van der Waals surface area contributed by atoms with Gasteiger partial charge in [0, 0.05) is 37.7 Å². The quantitative estimate of drug-likeness (QED) is 0.332. The van der Waals surface area contributed by atoms with Crippen LogP contribution in [0.15, 0.2) is 53.9 Å². The summed E-state index contributed by atoms with van der Waals surface area (Å²) < 4.78 is 4.90. The fourth-order valence-corrected chi connectivity index (χ4v) is 4.19. The zero-order valence-corrected chi connectivity index (χ0v) is 18.1. The number of carbonyl (C=O) groups is 2. The van der Waals surface area contributed by atoms with Crippen LogP contribution in [0.4, 0.5) is 5.00 Å². The molecule has 0 aliphatic rings. The van der Waals surface area contributed by atoms with E-state index in [9.17, 15) is 9.59 Å². The zero-order chi connectivity index (χ0) is 21.0. The molecule has 1 N–H and O–H groups in total. The van der Waals surface area contributed by atoms with E-state index in [1.807, 2.05) is 0 Å². The Bertz CT molecular complexity index is 1070. The molecule has 1 amide bonds. The van der Waals surface area contributed by atoms with Crippen LogP contribution in [0.1, 0.15) is 15.9 Å². The molecule has 0 aliphatic carbocycles. The number of benzene rings is 2. The monoisotopic (exact) mass is 465 g/mol. The molecule has 0 bridgehead atoms. The number of carbonyl (C=O) groups excluding carboxylic acids is 2. The first kappa shape index (κ1) is 21.4. The average Bonchev–Trinajstić information content (AvgIpc) is 3.11. The molecule has 29 heavy (non-hydrogen) atoms. The maximum Gasteiger partial charge on any atom is 0.341 e. The average molecular weight is 467 g/mol. The molecular weight excluding hydrogens is 453 g/mol. The summed E-state index contributed by atoms with van der Waals surface area (Å²) in [5, 5.41) is 6.31. The third-order valence-corrected chi connectivity index (χ3v) is 5.78. The van der Waals surface area contributed by atoms with Crippen molar-refractivity contribution in [3.63, 3.8) is 0 Å². The van der Waals surface area contributed by atoms with Gasteiger partial charge in [-0.05, 0) is 35.9 Å². The van der Waals surface area contributed by atoms with E-state index in [0.717, 1.165) is 5.56 Å². The normalized spacial score (nSPS) is 10.9. The van der Waals surface area contributed by atoms with Crippen molar-refractivity contribution in [3.05, 3.63) is 80.1 Å². The van der Waals surface area contributed by atoms with Gasteiger partial charge in [-0.15, -0.1) is 11.3 Å². The van der Waals surface area contributed by atoms with E-state index in [-0.39, 0.29) is 5.56 Å². The Kier molecular flexibility index (Phi) is 6.98. The van der Waals surface area contributed by atoms with Crippen LogP contribution in [0.3, 0.4) is 0 Å². The lowest BCUT2D eigenvalue weighted by atomic mass is 10.0. The predicted octanol–water partition coefficient (Wildman–Crippen LogP) is 6.81. The number of thiophene rings is 1. The largest absolute Gasteiger partial charge is 0.465 e. The predicted molar refractivity (Wildman–Crippen MR) is 120 cm³/mol. The lowest BCUT2D eigenvalue weighted by Gasteiger charge is -2.07. The molecule has 0 radical (unpaired) electrons. The summed E-state index contributed by atoms with van der Waals surface area (Å²) in [7, 11) is 1.29. The summed E-state index contributed by atoms with van der Waals surface area (Å²) in [6, 6.07) is 12.1. The first-order valence-corrected chi connectivity index (χ1v) is 10.3. The SMILES string of the molecule is COC(=O)c1c(-c2ccc(Cl)cc2)csc1NC(=O)/C=C/c1c(Cl)cccc1Cl. The van der Waals surface area contributed by atoms with Crippen LogP contribution >= 0.6 is 46.1 Å². The topological polar surface area (TPSA) is 55.4 Å². The van der Waals surface area contributed by atoms with Crippen molar-refractivity contribution in [3.8, 4) is 11.1 Å². The molecule has 0 saturated heterocycles. The summed E-state index contributed by atoms with van der Waals surface area (Å²) in [5.74, 6) is -0.986. The number of rotatable bonds is 5. The highest BCUT2D eigenvalue weighted by Crippen LogP contribution is 2.36. The van der Waals surface area contributed by atoms with Crippen molar-refractivity contribution in [2.45, 2.75) is 0 Å². The molecule has 1 heterocycles. The first-order valence-electron chi connectivity index (χ1n) is 8.29. The smallest absolute Gasteiger partial charge is 0.341 e. The third kappa shape index (κ3) is 5.00. The van der Waals surface area contributed by atoms with Gasteiger partial charge in [-0.3, -0.25) is 4.79 Å². The van der Waals surface area contributed by atoms with Gasteiger partial charge in [0.15, 0.2) is 0 Å². The third-order valence-electron chi connectivity index (χ3n) is 3.97. The second-order valence-corrected chi connectivity index (χ2v) is 7.94. The molecule has 2 aromatic carbocycles. The summed E-state index contributed by atoms with van der Waals surface area (Å²) in [5.41, 5.74) is 2.24. The number of hydrogen-bond acceptors (Lipinski definition) is 4. The molecule has 148 valence electrons. The molecule has 3 rings (SSSR count). The van der Waals surface area contributed by atoms with Gasteiger partial charge < -0.3 is 10.1 Å². The number of ether oxygens (including phenoxy) is 1. The van der Waals surface area contributed by atoms with Gasteiger partial charge in [-0.1, -0.05) is 53.0 Å². The Morgan fingerprint density at radius 1 is 1.03 bits per heavy atom. The van der Waals surface area contributed by atoms with E-state index < -0.39 is 11.9 Å². The number of anilines is 1. The summed E-state index contributed by atoms with van der Waals surface area (Å²) in [6.07, 6.45) is 2.82. The van der Waals surface area contributed by atoms with E-state index in [0.29, 0.717) is 31.2 Å². The lowest BCUT2D eigenvalue weighted by molar-refractivity contribution is -0.111. The molecule has 3 aromatic rings. The van der Waals surface area contributed by atoms with Crippen LogP contribution in [0.2, 0.25) is 15.1 Å². The van der Waals surface area contributed by atoms with Crippen molar-refractivity contribution in [2.24, 2.45) is 0 Å². The van der Waals surface area contributed by atoms with Crippen LogP contribution in [-0.4, -0.2) is 19.0 Å². The Hall–Kier alpha value is -2.31. The molecule has 0 atom stereocenters. The summed E-state index contributed by atoms with van der Waals surface area (Å²) in [4.78, 5) is 24.8. The van der Waals surface area contributed by atoms with E-state index >= 15 is 0 Å². The number of nitrogens with one attached hydrogen (secondary N) is 1. The number of hydrogen-bond donors (Lipinski definition) is 1. The fraction of sp³-hybridized carbons (Fsp3) is 0.0476. The van der Waals surface area contributed by atoms with Gasteiger partial charge in [0.25, 0.3) is 0 Å². The van der Waals surface area contributed by atoms with Gasteiger partial charge in [0.2, 0.25) is 5.91 Å². The van der Waals surface area contributed by atoms with E-state index in [4.69, 9.17) is 39.5 Å². The minimum atomic E-state index is -0.551.